The highest BCUT2D eigenvalue weighted by atomic mass is 32.2. The number of thioether (sulfide) groups is 1. The molecule has 2 saturated heterocycles. The van der Waals surface area contributed by atoms with Gasteiger partial charge in [-0.3, -0.25) is 24.5 Å². The Kier molecular flexibility index (Phi) is 7.16. The Labute approximate surface area is 209 Å². The molecule has 0 aromatic heterocycles. The minimum Gasteiger partial charge on any atom is -0.368 e. The zero-order chi connectivity index (χ0) is 25.2. The van der Waals surface area contributed by atoms with Gasteiger partial charge in [-0.15, -0.1) is 0 Å². The predicted octanol–water partition coefficient (Wildman–Crippen LogP) is 3.63. The number of hydrogen-bond acceptors (Lipinski definition) is 6. The van der Waals surface area contributed by atoms with Crippen molar-refractivity contribution in [2.75, 3.05) is 36.4 Å². The van der Waals surface area contributed by atoms with E-state index in [1.807, 2.05) is 42.5 Å². The van der Waals surface area contributed by atoms with Crippen molar-refractivity contribution >= 4 is 46.1 Å². The van der Waals surface area contributed by atoms with Crippen LogP contribution in [0.25, 0.3) is 0 Å². The fourth-order valence-corrected chi connectivity index (χ4v) is 4.93. The highest BCUT2D eigenvalue weighted by Crippen LogP contribution is 2.26. The van der Waals surface area contributed by atoms with Gasteiger partial charge in [0.15, 0.2) is 0 Å². The van der Waals surface area contributed by atoms with E-state index in [0.717, 1.165) is 28.7 Å². The molecule has 4 rings (SSSR count). The zero-order valence-corrected chi connectivity index (χ0v) is 21.0. The summed E-state index contributed by atoms with van der Waals surface area (Å²) in [6.45, 7) is 8.79. The lowest BCUT2D eigenvalue weighted by Gasteiger charge is -2.36. The van der Waals surface area contributed by atoms with Crippen LogP contribution in [-0.2, 0) is 15.0 Å². The van der Waals surface area contributed by atoms with Gasteiger partial charge in [0.25, 0.3) is 11.1 Å². The second-order valence-corrected chi connectivity index (χ2v) is 11.0. The van der Waals surface area contributed by atoms with Gasteiger partial charge in [-0.2, -0.15) is 0 Å². The van der Waals surface area contributed by atoms with E-state index < -0.39 is 16.4 Å². The number of nitrogens with zero attached hydrogens (tertiary/aromatic N) is 2. The second kappa shape index (κ2) is 10.1. The summed E-state index contributed by atoms with van der Waals surface area (Å²) in [5.74, 6) is -0.669. The van der Waals surface area contributed by atoms with Crippen LogP contribution in [0.2, 0.25) is 0 Å². The Morgan fingerprint density at radius 3 is 2.31 bits per heavy atom. The summed E-state index contributed by atoms with van der Waals surface area (Å²) in [6, 6.07) is 15.4. The Balaban J connectivity index is 1.30. The number of carbonyl (C=O) groups excluding carboxylic acids is 4. The largest absolute Gasteiger partial charge is 0.368 e. The second-order valence-electron chi connectivity index (χ2n) is 9.79. The van der Waals surface area contributed by atoms with Crippen LogP contribution in [0.3, 0.4) is 0 Å². The molecule has 0 radical (unpaired) electrons. The molecule has 2 aliphatic rings. The SMILES string of the molecule is CC(C)(C)c1cccc(NC(=O)c2ccc(N3CCN(C(=O)CC4SC(=O)NC4=O)CC3)cc2)c1. The number of amides is 4. The summed E-state index contributed by atoms with van der Waals surface area (Å²) in [5, 5.41) is 4.16. The summed E-state index contributed by atoms with van der Waals surface area (Å²) in [5.41, 5.74) is 3.48. The summed E-state index contributed by atoms with van der Waals surface area (Å²) in [7, 11) is 0. The lowest BCUT2D eigenvalue weighted by Crippen LogP contribution is -2.49. The summed E-state index contributed by atoms with van der Waals surface area (Å²) in [6.07, 6.45) is 0.0324. The third kappa shape index (κ3) is 6.03. The van der Waals surface area contributed by atoms with Crippen LogP contribution in [-0.4, -0.2) is 59.3 Å². The average molecular weight is 495 g/mol. The number of anilines is 2. The minimum absolute atomic E-state index is 0.000163. The molecule has 0 bridgehead atoms. The van der Waals surface area contributed by atoms with Gasteiger partial charge >= 0.3 is 0 Å². The summed E-state index contributed by atoms with van der Waals surface area (Å²) in [4.78, 5) is 52.2. The number of piperazine rings is 1. The fraction of sp³-hybridized carbons (Fsp3) is 0.385. The molecule has 9 heteroatoms. The van der Waals surface area contributed by atoms with Crippen molar-refractivity contribution in [3.63, 3.8) is 0 Å². The van der Waals surface area contributed by atoms with Crippen molar-refractivity contribution in [2.24, 2.45) is 0 Å². The molecule has 2 aromatic carbocycles. The number of nitrogens with one attached hydrogen (secondary N) is 2. The molecule has 2 N–H and O–H groups in total. The van der Waals surface area contributed by atoms with Crippen LogP contribution in [0.4, 0.5) is 16.2 Å². The van der Waals surface area contributed by atoms with E-state index in [0.29, 0.717) is 31.7 Å². The number of imide groups is 1. The van der Waals surface area contributed by atoms with E-state index in [9.17, 15) is 19.2 Å². The van der Waals surface area contributed by atoms with Gasteiger partial charge in [0.2, 0.25) is 11.8 Å². The third-order valence-electron chi connectivity index (χ3n) is 6.24. The first kappa shape index (κ1) is 24.8. The fourth-order valence-electron chi connectivity index (χ4n) is 4.12. The minimum atomic E-state index is -0.636. The van der Waals surface area contributed by atoms with Gasteiger partial charge in [-0.25, -0.2) is 0 Å². The van der Waals surface area contributed by atoms with Crippen LogP contribution >= 0.6 is 11.8 Å². The van der Waals surface area contributed by atoms with Crippen molar-refractivity contribution in [1.29, 1.82) is 0 Å². The molecule has 2 aromatic rings. The Bertz CT molecular complexity index is 1130. The van der Waals surface area contributed by atoms with E-state index >= 15 is 0 Å². The van der Waals surface area contributed by atoms with Crippen LogP contribution in [0.15, 0.2) is 48.5 Å². The van der Waals surface area contributed by atoms with Crippen LogP contribution in [0, 0.1) is 0 Å². The predicted molar refractivity (Wildman–Crippen MR) is 138 cm³/mol. The molecule has 4 amide bonds. The summed E-state index contributed by atoms with van der Waals surface area (Å²) < 4.78 is 0. The Morgan fingerprint density at radius 1 is 1.03 bits per heavy atom. The standard InChI is InChI=1S/C26H30N4O4S/c1-26(2,3)18-5-4-6-19(15-18)27-23(32)17-7-9-20(10-8-17)29-11-13-30(14-12-29)22(31)16-21-24(33)28-25(34)35-21/h4-10,15,21H,11-14,16H2,1-3H3,(H,27,32)(H,28,33,34). The Hall–Kier alpha value is -3.33. The molecular formula is C26H30N4O4S. The Morgan fingerprint density at radius 2 is 1.71 bits per heavy atom. The maximum atomic E-state index is 12.7. The first-order valence-corrected chi connectivity index (χ1v) is 12.5. The highest BCUT2D eigenvalue weighted by molar-refractivity contribution is 8.15. The van der Waals surface area contributed by atoms with Crippen molar-refractivity contribution < 1.29 is 19.2 Å². The van der Waals surface area contributed by atoms with Crippen LogP contribution < -0.4 is 15.5 Å². The van der Waals surface area contributed by atoms with Crippen LogP contribution in [0.1, 0.15) is 43.1 Å². The van der Waals surface area contributed by atoms with Crippen molar-refractivity contribution in [1.82, 2.24) is 10.2 Å². The third-order valence-corrected chi connectivity index (χ3v) is 7.22. The number of carbonyl (C=O) groups is 4. The first-order chi connectivity index (χ1) is 16.6. The zero-order valence-electron chi connectivity index (χ0n) is 20.2. The number of rotatable bonds is 5. The molecule has 35 heavy (non-hydrogen) atoms. The van der Waals surface area contributed by atoms with Gasteiger partial charge in [0, 0.05) is 49.5 Å². The molecule has 184 valence electrons. The van der Waals surface area contributed by atoms with E-state index in [4.69, 9.17) is 0 Å². The molecular weight excluding hydrogens is 464 g/mol. The molecule has 0 saturated carbocycles. The summed E-state index contributed by atoms with van der Waals surface area (Å²) >= 11 is 0.879. The normalized spacial score (nSPS) is 18.4. The molecule has 2 aliphatic heterocycles. The molecule has 2 heterocycles. The van der Waals surface area contributed by atoms with E-state index in [2.05, 4.69) is 42.4 Å². The van der Waals surface area contributed by atoms with Gasteiger partial charge in [-0.05, 0) is 47.4 Å². The topological polar surface area (TPSA) is 98.8 Å². The smallest absolute Gasteiger partial charge is 0.286 e. The molecule has 2 fully saturated rings. The maximum absolute atomic E-state index is 12.7. The molecule has 8 nitrogen and oxygen atoms in total. The monoisotopic (exact) mass is 494 g/mol. The number of hydrogen-bond donors (Lipinski definition) is 2. The van der Waals surface area contributed by atoms with Gasteiger partial charge in [0.05, 0.1) is 0 Å². The lowest BCUT2D eigenvalue weighted by atomic mass is 9.87. The quantitative estimate of drug-likeness (QED) is 0.659. The lowest BCUT2D eigenvalue weighted by molar-refractivity contribution is -0.133. The molecule has 1 unspecified atom stereocenters. The molecule has 1 atom stereocenters. The highest BCUT2D eigenvalue weighted by Gasteiger charge is 2.35. The van der Waals surface area contributed by atoms with E-state index in [-0.39, 0.29) is 23.7 Å². The average Bonchev–Trinajstić information content (AvgIpc) is 3.15. The maximum Gasteiger partial charge on any atom is 0.286 e. The van der Waals surface area contributed by atoms with Crippen molar-refractivity contribution in [3.05, 3.63) is 59.7 Å². The van der Waals surface area contributed by atoms with Gasteiger partial charge in [-0.1, -0.05) is 44.7 Å². The first-order valence-electron chi connectivity index (χ1n) is 11.7. The van der Waals surface area contributed by atoms with Gasteiger partial charge in [0.1, 0.15) is 5.25 Å². The van der Waals surface area contributed by atoms with Crippen molar-refractivity contribution in [3.8, 4) is 0 Å². The molecule has 0 spiro atoms. The van der Waals surface area contributed by atoms with E-state index in [1.165, 1.54) is 0 Å². The molecule has 0 aliphatic carbocycles. The van der Waals surface area contributed by atoms with E-state index in [1.54, 1.807) is 4.90 Å². The van der Waals surface area contributed by atoms with Crippen LogP contribution in [0.5, 0.6) is 0 Å². The van der Waals surface area contributed by atoms with Gasteiger partial charge < -0.3 is 15.1 Å². The number of benzene rings is 2. The van der Waals surface area contributed by atoms with Crippen molar-refractivity contribution in [2.45, 2.75) is 37.9 Å².